The van der Waals surface area contributed by atoms with E-state index in [-0.39, 0.29) is 35.8 Å². The summed E-state index contributed by atoms with van der Waals surface area (Å²) < 4.78 is 43.5. The monoisotopic (exact) mass is 477 g/mol. The summed E-state index contributed by atoms with van der Waals surface area (Å²) >= 11 is 0. The van der Waals surface area contributed by atoms with E-state index in [0.29, 0.717) is 43.9 Å². The van der Waals surface area contributed by atoms with Gasteiger partial charge in [0.2, 0.25) is 5.91 Å². The Hall–Kier alpha value is -3.56. The second-order valence-electron chi connectivity index (χ2n) is 7.90. The number of nitrogens with one attached hydrogen (secondary N) is 2. The van der Waals surface area contributed by atoms with Crippen LogP contribution in [0.25, 0.3) is 0 Å². The Labute approximate surface area is 195 Å². The molecule has 2 aromatic rings. The van der Waals surface area contributed by atoms with E-state index >= 15 is 0 Å². The molecule has 1 heterocycles. The van der Waals surface area contributed by atoms with Crippen LogP contribution in [-0.2, 0) is 15.8 Å². The van der Waals surface area contributed by atoms with Crippen molar-refractivity contribution < 1.29 is 32.3 Å². The van der Waals surface area contributed by atoms with Crippen LogP contribution in [0.3, 0.4) is 0 Å². The number of carbonyl (C=O) groups excluding carboxylic acids is 3. The average Bonchev–Trinajstić information content (AvgIpc) is 2.83. The molecule has 0 unspecified atom stereocenters. The van der Waals surface area contributed by atoms with Gasteiger partial charge in [-0.1, -0.05) is 0 Å². The molecule has 0 bridgehead atoms. The van der Waals surface area contributed by atoms with Crippen LogP contribution in [0.4, 0.5) is 18.9 Å². The van der Waals surface area contributed by atoms with E-state index < -0.39 is 11.7 Å². The molecule has 0 radical (unpaired) electrons. The van der Waals surface area contributed by atoms with E-state index in [1.54, 1.807) is 29.2 Å². The second kappa shape index (κ2) is 11.0. The number of halogens is 3. The van der Waals surface area contributed by atoms with E-state index in [9.17, 15) is 27.6 Å². The molecule has 3 amide bonds. The van der Waals surface area contributed by atoms with Crippen LogP contribution in [0.1, 0.15) is 35.7 Å². The molecule has 2 N–H and O–H groups in total. The first-order valence-corrected chi connectivity index (χ1v) is 10.9. The van der Waals surface area contributed by atoms with Gasteiger partial charge in [-0.2, -0.15) is 13.2 Å². The van der Waals surface area contributed by atoms with Crippen LogP contribution < -0.4 is 15.4 Å². The number of likely N-dealkylation sites (tertiary alicyclic amines) is 1. The molecule has 7 nitrogen and oxygen atoms in total. The highest BCUT2D eigenvalue weighted by Gasteiger charge is 2.31. The number of hydrogen-bond donors (Lipinski definition) is 2. The van der Waals surface area contributed by atoms with Crippen LogP contribution in [0.15, 0.2) is 48.5 Å². The topological polar surface area (TPSA) is 87.7 Å². The normalized spacial score (nSPS) is 14.4. The number of alkyl halides is 3. The number of rotatable bonds is 7. The summed E-state index contributed by atoms with van der Waals surface area (Å²) in [5, 5.41) is 5.47. The lowest BCUT2D eigenvalue weighted by molar-refractivity contribution is -0.137. The van der Waals surface area contributed by atoms with E-state index in [1.807, 2.05) is 6.92 Å². The van der Waals surface area contributed by atoms with Crippen molar-refractivity contribution >= 4 is 23.4 Å². The molecule has 2 aromatic carbocycles. The number of piperidine rings is 1. The molecular weight excluding hydrogens is 451 g/mol. The molecule has 34 heavy (non-hydrogen) atoms. The fourth-order valence-corrected chi connectivity index (χ4v) is 3.61. The molecule has 182 valence electrons. The predicted octanol–water partition coefficient (Wildman–Crippen LogP) is 3.71. The summed E-state index contributed by atoms with van der Waals surface area (Å²) in [5.41, 5.74) is -0.0370. The van der Waals surface area contributed by atoms with E-state index in [1.165, 1.54) is 12.1 Å². The number of hydrogen-bond acceptors (Lipinski definition) is 4. The number of benzene rings is 2. The number of nitrogens with zero attached hydrogens (tertiary/aromatic N) is 1. The first kappa shape index (κ1) is 25.1. The number of ether oxygens (including phenoxy) is 1. The second-order valence-corrected chi connectivity index (χ2v) is 7.90. The summed E-state index contributed by atoms with van der Waals surface area (Å²) in [5.74, 6) is -0.527. The summed E-state index contributed by atoms with van der Waals surface area (Å²) in [4.78, 5) is 38.2. The van der Waals surface area contributed by atoms with Gasteiger partial charge in [0.25, 0.3) is 11.8 Å². The minimum absolute atomic E-state index is 0.0939. The fourth-order valence-electron chi connectivity index (χ4n) is 3.61. The van der Waals surface area contributed by atoms with Crippen molar-refractivity contribution in [3.8, 4) is 5.75 Å². The molecule has 0 spiro atoms. The van der Waals surface area contributed by atoms with Crippen molar-refractivity contribution in [3.05, 3.63) is 59.7 Å². The van der Waals surface area contributed by atoms with Gasteiger partial charge in [0, 0.05) is 36.8 Å². The quantitative estimate of drug-likeness (QED) is 0.637. The summed E-state index contributed by atoms with van der Waals surface area (Å²) in [6.45, 7) is 2.92. The Morgan fingerprint density at radius 3 is 2.18 bits per heavy atom. The van der Waals surface area contributed by atoms with E-state index in [2.05, 4.69) is 10.6 Å². The number of anilines is 1. The van der Waals surface area contributed by atoms with Crippen molar-refractivity contribution in [2.24, 2.45) is 5.92 Å². The van der Waals surface area contributed by atoms with Gasteiger partial charge in [-0.3, -0.25) is 14.4 Å². The van der Waals surface area contributed by atoms with Gasteiger partial charge in [-0.25, -0.2) is 0 Å². The van der Waals surface area contributed by atoms with Gasteiger partial charge in [-0.15, -0.1) is 0 Å². The highest BCUT2D eigenvalue weighted by Crippen LogP contribution is 2.29. The van der Waals surface area contributed by atoms with E-state index in [4.69, 9.17) is 4.74 Å². The number of amides is 3. The van der Waals surface area contributed by atoms with Crippen LogP contribution in [0, 0.1) is 5.92 Å². The highest BCUT2D eigenvalue weighted by atomic mass is 19.4. The van der Waals surface area contributed by atoms with Gasteiger partial charge in [0.15, 0.2) is 6.61 Å². The summed E-state index contributed by atoms with van der Waals surface area (Å²) in [6, 6.07) is 10.8. The third-order valence-corrected chi connectivity index (χ3v) is 5.48. The minimum Gasteiger partial charge on any atom is -0.484 e. The lowest BCUT2D eigenvalue weighted by atomic mass is 9.95. The number of carbonyl (C=O) groups is 3. The average molecular weight is 477 g/mol. The molecule has 1 saturated heterocycles. The maximum absolute atomic E-state index is 12.7. The molecule has 0 atom stereocenters. The van der Waals surface area contributed by atoms with E-state index in [0.717, 1.165) is 12.1 Å². The van der Waals surface area contributed by atoms with Crippen molar-refractivity contribution in [1.82, 2.24) is 10.2 Å². The van der Waals surface area contributed by atoms with Crippen molar-refractivity contribution in [3.63, 3.8) is 0 Å². The number of likely N-dealkylation sites (N-methyl/N-ethyl adjacent to an activating group) is 1. The zero-order valence-corrected chi connectivity index (χ0v) is 18.7. The standard InChI is InChI=1S/C24H26F3N3O4/c1-2-28-21(31)15-34-20-9-7-19(8-10-20)29-22(32)16-11-13-30(14-12-16)23(33)17-3-5-18(6-4-17)24(25,26)27/h3-10,16H,2,11-15H2,1H3,(H,28,31)(H,29,32). The largest absolute Gasteiger partial charge is 0.484 e. The first-order chi connectivity index (χ1) is 16.2. The zero-order chi connectivity index (χ0) is 24.7. The third kappa shape index (κ3) is 6.72. The smallest absolute Gasteiger partial charge is 0.416 e. The van der Waals surface area contributed by atoms with Crippen LogP contribution in [0.2, 0.25) is 0 Å². The molecule has 1 aliphatic rings. The molecule has 3 rings (SSSR count). The van der Waals surface area contributed by atoms with Crippen molar-refractivity contribution in [1.29, 1.82) is 0 Å². The SMILES string of the molecule is CCNC(=O)COc1ccc(NC(=O)C2CCN(C(=O)c3ccc(C(F)(F)F)cc3)CC2)cc1. The van der Waals surface area contributed by atoms with Gasteiger partial charge >= 0.3 is 6.18 Å². The molecular formula is C24H26F3N3O4. The maximum Gasteiger partial charge on any atom is 0.416 e. The molecule has 0 saturated carbocycles. The van der Waals surface area contributed by atoms with Crippen molar-refractivity contribution in [2.75, 3.05) is 31.6 Å². The van der Waals surface area contributed by atoms with Gasteiger partial charge in [0.1, 0.15) is 5.75 Å². The molecule has 0 aliphatic carbocycles. The Morgan fingerprint density at radius 2 is 1.62 bits per heavy atom. The lowest BCUT2D eigenvalue weighted by Gasteiger charge is -2.31. The highest BCUT2D eigenvalue weighted by molar-refractivity contribution is 5.95. The van der Waals surface area contributed by atoms with Crippen LogP contribution in [0.5, 0.6) is 5.75 Å². The predicted molar refractivity (Wildman–Crippen MR) is 119 cm³/mol. The van der Waals surface area contributed by atoms with Crippen LogP contribution in [-0.4, -0.2) is 48.9 Å². The minimum atomic E-state index is -4.45. The Balaban J connectivity index is 1.47. The molecule has 0 aromatic heterocycles. The molecule has 10 heteroatoms. The fraction of sp³-hybridized carbons (Fsp3) is 0.375. The zero-order valence-electron chi connectivity index (χ0n) is 18.7. The summed E-state index contributed by atoms with van der Waals surface area (Å²) in [6.07, 6.45) is -3.55. The summed E-state index contributed by atoms with van der Waals surface area (Å²) in [7, 11) is 0. The first-order valence-electron chi connectivity index (χ1n) is 10.9. The van der Waals surface area contributed by atoms with Gasteiger partial charge < -0.3 is 20.3 Å². The Kier molecular flexibility index (Phi) is 8.14. The van der Waals surface area contributed by atoms with Gasteiger partial charge in [-0.05, 0) is 68.3 Å². The Morgan fingerprint density at radius 1 is 1.00 bits per heavy atom. The van der Waals surface area contributed by atoms with Crippen LogP contribution >= 0.6 is 0 Å². The molecule has 1 aliphatic heterocycles. The lowest BCUT2D eigenvalue weighted by Crippen LogP contribution is -2.41. The molecule has 1 fully saturated rings. The Bertz CT molecular complexity index is 1000. The van der Waals surface area contributed by atoms with Gasteiger partial charge in [0.05, 0.1) is 5.56 Å². The maximum atomic E-state index is 12.7. The van der Waals surface area contributed by atoms with Crippen molar-refractivity contribution in [2.45, 2.75) is 25.9 Å². The third-order valence-electron chi connectivity index (χ3n) is 5.48.